The zero-order chi connectivity index (χ0) is 10.9. The molecule has 0 saturated heterocycles. The van der Waals surface area contributed by atoms with E-state index in [2.05, 4.69) is 9.15 Å². The van der Waals surface area contributed by atoms with Crippen LogP contribution < -0.4 is 5.23 Å². The first kappa shape index (κ1) is 11.3. The highest BCUT2D eigenvalue weighted by atomic mass is 35.5. The predicted octanol–water partition coefficient (Wildman–Crippen LogP) is 0.776. The number of nitrogens with one attached hydrogen (secondary N) is 1. The SMILES string of the molecule is COC(=O)c1oc([NH+]([O-])O)c(Cl)c1Cl. The molecule has 0 aliphatic rings. The average molecular weight is 242 g/mol. The molecule has 0 aromatic carbocycles. The molecule has 0 radical (unpaired) electrons. The second-order valence-corrected chi connectivity index (χ2v) is 2.94. The maximum absolute atomic E-state index is 11.0. The molecule has 0 bridgehead atoms. The lowest BCUT2D eigenvalue weighted by atomic mass is 10.4. The highest BCUT2D eigenvalue weighted by Crippen LogP contribution is 2.34. The minimum Gasteiger partial charge on any atom is -0.592 e. The van der Waals surface area contributed by atoms with Gasteiger partial charge in [0.2, 0.25) is 5.76 Å². The van der Waals surface area contributed by atoms with Gasteiger partial charge in [-0.25, -0.2) is 10.0 Å². The second kappa shape index (κ2) is 4.16. The van der Waals surface area contributed by atoms with Gasteiger partial charge in [0.05, 0.1) is 7.11 Å². The largest absolute Gasteiger partial charge is 0.592 e. The van der Waals surface area contributed by atoms with Crippen molar-refractivity contribution in [2.24, 2.45) is 0 Å². The number of ether oxygens (including phenoxy) is 1. The van der Waals surface area contributed by atoms with Gasteiger partial charge in [-0.15, -0.1) is 0 Å². The zero-order valence-electron chi connectivity index (χ0n) is 6.84. The topological polar surface area (TPSA) is 87.2 Å². The summed E-state index contributed by atoms with van der Waals surface area (Å²) in [6, 6.07) is 0. The van der Waals surface area contributed by atoms with E-state index in [9.17, 15) is 10.0 Å². The molecule has 0 saturated carbocycles. The van der Waals surface area contributed by atoms with E-state index >= 15 is 0 Å². The van der Waals surface area contributed by atoms with E-state index in [1.807, 2.05) is 0 Å². The number of hydrogen-bond acceptors (Lipinski definition) is 5. The van der Waals surface area contributed by atoms with E-state index in [1.165, 1.54) is 0 Å². The highest BCUT2D eigenvalue weighted by Gasteiger charge is 2.27. The van der Waals surface area contributed by atoms with Gasteiger partial charge in [0.1, 0.15) is 5.02 Å². The molecule has 1 aromatic rings. The lowest BCUT2D eigenvalue weighted by Gasteiger charge is -2.06. The lowest BCUT2D eigenvalue weighted by molar-refractivity contribution is -0.997. The van der Waals surface area contributed by atoms with Crippen molar-refractivity contribution in [3.63, 3.8) is 0 Å². The normalized spacial score (nSPS) is 12.6. The third-order valence-corrected chi connectivity index (χ3v) is 2.18. The standard InChI is InChI=1S/C6H5Cl2NO5/c1-13-6(10)4-2(7)3(8)5(14-4)9(11)12/h9,11H,1H3. The minimum absolute atomic E-state index is 0.268. The number of carbonyl (C=O) groups excluding carboxylic acids is 1. The van der Waals surface area contributed by atoms with Crippen LogP contribution in [0.1, 0.15) is 10.6 Å². The third-order valence-electron chi connectivity index (χ3n) is 1.36. The maximum atomic E-state index is 11.0. The number of quaternary nitrogens is 1. The Morgan fingerprint density at radius 2 is 2.14 bits per heavy atom. The van der Waals surface area contributed by atoms with E-state index < -0.39 is 22.8 Å². The summed E-state index contributed by atoms with van der Waals surface area (Å²) in [7, 11) is 1.11. The molecule has 1 rings (SSSR count). The van der Waals surface area contributed by atoms with Crippen LogP contribution >= 0.6 is 23.2 Å². The van der Waals surface area contributed by atoms with E-state index in [4.69, 9.17) is 28.4 Å². The maximum Gasteiger partial charge on any atom is 0.375 e. The van der Waals surface area contributed by atoms with Gasteiger partial charge in [0, 0.05) is 0 Å². The molecule has 2 N–H and O–H groups in total. The first-order valence-electron chi connectivity index (χ1n) is 3.28. The monoisotopic (exact) mass is 241 g/mol. The molecular formula is C6H5Cl2NO5. The number of rotatable bonds is 2. The quantitative estimate of drug-likeness (QED) is 0.590. The van der Waals surface area contributed by atoms with Crippen molar-refractivity contribution in [3.8, 4) is 0 Å². The van der Waals surface area contributed by atoms with E-state index in [0.717, 1.165) is 7.11 Å². The summed E-state index contributed by atoms with van der Waals surface area (Å²) < 4.78 is 8.92. The lowest BCUT2D eigenvalue weighted by Crippen LogP contribution is -2.99. The number of esters is 1. The smallest absolute Gasteiger partial charge is 0.375 e. The van der Waals surface area contributed by atoms with Crippen LogP contribution in [0.4, 0.5) is 5.88 Å². The molecule has 1 unspecified atom stereocenters. The molecule has 0 amide bonds. The number of carbonyl (C=O) groups is 1. The molecule has 0 fully saturated rings. The fourth-order valence-electron chi connectivity index (χ4n) is 0.753. The Morgan fingerprint density at radius 1 is 1.57 bits per heavy atom. The van der Waals surface area contributed by atoms with Crippen LogP contribution in [0.15, 0.2) is 4.42 Å². The minimum atomic E-state index is -1.41. The van der Waals surface area contributed by atoms with Gasteiger partial charge >= 0.3 is 11.9 Å². The fourth-order valence-corrected chi connectivity index (χ4v) is 1.16. The molecular weight excluding hydrogens is 237 g/mol. The molecule has 78 valence electrons. The number of hydrogen-bond donors (Lipinski definition) is 2. The second-order valence-electron chi connectivity index (χ2n) is 2.19. The number of methoxy groups -OCH3 is 1. The average Bonchev–Trinajstić information content (AvgIpc) is 2.43. The molecule has 6 nitrogen and oxygen atoms in total. The summed E-state index contributed by atoms with van der Waals surface area (Å²) >= 11 is 11.0. The molecule has 1 aromatic heterocycles. The summed E-state index contributed by atoms with van der Waals surface area (Å²) in [4.78, 5) is 11.0. The summed E-state index contributed by atoms with van der Waals surface area (Å²) in [6.07, 6.45) is 0. The van der Waals surface area contributed by atoms with E-state index in [0.29, 0.717) is 0 Å². The Balaban J connectivity index is 3.21. The predicted molar refractivity (Wildman–Crippen MR) is 45.8 cm³/mol. The first-order chi connectivity index (χ1) is 6.49. The van der Waals surface area contributed by atoms with Crippen molar-refractivity contribution >= 4 is 35.1 Å². The van der Waals surface area contributed by atoms with Crippen LogP contribution in [0.25, 0.3) is 0 Å². The van der Waals surface area contributed by atoms with Crippen molar-refractivity contribution in [1.29, 1.82) is 0 Å². The Labute approximate surface area is 88.1 Å². The summed E-state index contributed by atoms with van der Waals surface area (Å²) in [5, 5.41) is 17.1. The van der Waals surface area contributed by atoms with Crippen molar-refractivity contribution < 1.29 is 24.4 Å². The Hall–Kier alpha value is -0.790. The molecule has 14 heavy (non-hydrogen) atoms. The molecule has 8 heteroatoms. The van der Waals surface area contributed by atoms with Crippen LogP contribution in [0.5, 0.6) is 0 Å². The summed E-state index contributed by atoms with van der Waals surface area (Å²) in [5.41, 5.74) is 0. The van der Waals surface area contributed by atoms with Gasteiger partial charge in [-0.2, -0.15) is 5.23 Å². The van der Waals surface area contributed by atoms with E-state index in [-0.39, 0.29) is 10.0 Å². The van der Waals surface area contributed by atoms with Gasteiger partial charge in [-0.1, -0.05) is 23.2 Å². The molecule has 1 atom stereocenters. The summed E-state index contributed by atoms with van der Waals surface area (Å²) in [5.74, 6) is -1.89. The van der Waals surface area contributed by atoms with Gasteiger partial charge in [0.15, 0.2) is 5.02 Å². The molecule has 0 aliphatic heterocycles. The van der Waals surface area contributed by atoms with Crippen molar-refractivity contribution in [3.05, 3.63) is 21.0 Å². The summed E-state index contributed by atoms with van der Waals surface area (Å²) in [6.45, 7) is 0. The van der Waals surface area contributed by atoms with E-state index in [1.54, 1.807) is 0 Å². The van der Waals surface area contributed by atoms with Crippen LogP contribution in [0.3, 0.4) is 0 Å². The molecule has 0 aliphatic carbocycles. The first-order valence-corrected chi connectivity index (χ1v) is 4.04. The van der Waals surface area contributed by atoms with Crippen LogP contribution in [-0.2, 0) is 4.74 Å². The van der Waals surface area contributed by atoms with Gasteiger partial charge < -0.3 is 14.4 Å². The third kappa shape index (κ3) is 1.84. The van der Waals surface area contributed by atoms with Crippen molar-refractivity contribution in [2.75, 3.05) is 7.11 Å². The Bertz CT molecular complexity index is 361. The number of halogens is 2. The van der Waals surface area contributed by atoms with Crippen LogP contribution in [0.2, 0.25) is 10.0 Å². The van der Waals surface area contributed by atoms with Crippen molar-refractivity contribution in [2.45, 2.75) is 0 Å². The van der Waals surface area contributed by atoms with Crippen molar-refractivity contribution in [1.82, 2.24) is 0 Å². The number of furan rings is 1. The molecule has 0 spiro atoms. The molecule has 1 heterocycles. The van der Waals surface area contributed by atoms with Gasteiger partial charge in [-0.05, 0) is 0 Å². The fraction of sp³-hybridized carbons (Fsp3) is 0.167. The van der Waals surface area contributed by atoms with Crippen LogP contribution in [0, 0.1) is 5.21 Å². The zero-order valence-corrected chi connectivity index (χ0v) is 8.35. The highest BCUT2D eigenvalue weighted by molar-refractivity contribution is 6.44. The van der Waals surface area contributed by atoms with Gasteiger partial charge in [-0.3, -0.25) is 0 Å². The Kier molecular flexibility index (Phi) is 3.35. The van der Waals surface area contributed by atoms with Crippen LogP contribution in [-0.4, -0.2) is 18.3 Å². The Morgan fingerprint density at radius 3 is 2.50 bits per heavy atom. The van der Waals surface area contributed by atoms with Gasteiger partial charge in [0.25, 0.3) is 0 Å².